The van der Waals surface area contributed by atoms with Crippen LogP contribution in [0.5, 0.6) is 5.75 Å². The van der Waals surface area contributed by atoms with E-state index in [1.54, 1.807) is 48.5 Å². The van der Waals surface area contributed by atoms with E-state index in [1.807, 2.05) is 0 Å². The minimum absolute atomic E-state index is 0.341. The summed E-state index contributed by atoms with van der Waals surface area (Å²) in [6, 6.07) is 12.5. The number of carbonyl (C=O) groups excluding carboxylic acids is 1. The standard InChI is InChI=1S/C17H19ClN2O4S/c1-20(25(3,22)23)16(12-7-5-4-6-8-12)17(21)19-13-9-10-15(24-2)14(18)11-13/h4-11,16H,1-3H3,(H,19,21). The second-order valence-corrected chi connectivity index (χ2v) is 7.88. The molecule has 1 N–H and O–H groups in total. The van der Waals surface area contributed by atoms with Gasteiger partial charge in [-0.05, 0) is 23.8 Å². The molecule has 1 amide bonds. The van der Waals surface area contributed by atoms with Gasteiger partial charge in [0, 0.05) is 12.7 Å². The normalized spacial score (nSPS) is 12.7. The summed E-state index contributed by atoms with van der Waals surface area (Å²) in [6.07, 6.45) is 1.06. The summed E-state index contributed by atoms with van der Waals surface area (Å²) in [5.41, 5.74) is 1.01. The van der Waals surface area contributed by atoms with Gasteiger partial charge in [0.1, 0.15) is 11.8 Å². The van der Waals surface area contributed by atoms with E-state index < -0.39 is 22.0 Å². The van der Waals surface area contributed by atoms with E-state index in [4.69, 9.17) is 16.3 Å². The molecule has 0 aliphatic heterocycles. The van der Waals surface area contributed by atoms with Crippen LogP contribution >= 0.6 is 11.6 Å². The van der Waals surface area contributed by atoms with E-state index >= 15 is 0 Å². The van der Waals surface area contributed by atoms with Crippen LogP contribution in [-0.2, 0) is 14.8 Å². The van der Waals surface area contributed by atoms with Crippen molar-refractivity contribution in [3.05, 3.63) is 59.1 Å². The maximum atomic E-state index is 12.8. The third kappa shape index (κ3) is 4.72. The molecule has 1 atom stereocenters. The molecule has 2 aromatic rings. The smallest absolute Gasteiger partial charge is 0.247 e. The largest absolute Gasteiger partial charge is 0.495 e. The first-order valence-electron chi connectivity index (χ1n) is 7.36. The predicted molar refractivity (Wildman–Crippen MR) is 98.4 cm³/mol. The van der Waals surface area contributed by atoms with Crippen molar-refractivity contribution in [1.82, 2.24) is 4.31 Å². The summed E-state index contributed by atoms with van der Waals surface area (Å²) in [5.74, 6) is -0.00659. The fourth-order valence-electron chi connectivity index (χ4n) is 2.31. The molecule has 25 heavy (non-hydrogen) atoms. The van der Waals surface area contributed by atoms with Crippen molar-refractivity contribution in [2.24, 2.45) is 0 Å². The van der Waals surface area contributed by atoms with Gasteiger partial charge in [-0.1, -0.05) is 41.9 Å². The van der Waals surface area contributed by atoms with Crippen molar-refractivity contribution in [2.75, 3.05) is 25.7 Å². The molecule has 0 bridgehead atoms. The van der Waals surface area contributed by atoms with Gasteiger partial charge in [-0.2, -0.15) is 4.31 Å². The Hall–Kier alpha value is -2.09. The molecule has 0 aromatic heterocycles. The Morgan fingerprint density at radius 1 is 1.20 bits per heavy atom. The molecule has 1 unspecified atom stereocenters. The van der Waals surface area contributed by atoms with Gasteiger partial charge in [0.15, 0.2) is 0 Å². The van der Waals surface area contributed by atoms with Crippen molar-refractivity contribution in [1.29, 1.82) is 0 Å². The van der Waals surface area contributed by atoms with Crippen LogP contribution in [0.1, 0.15) is 11.6 Å². The van der Waals surface area contributed by atoms with Crippen LogP contribution in [0.3, 0.4) is 0 Å². The van der Waals surface area contributed by atoms with Crippen molar-refractivity contribution < 1.29 is 17.9 Å². The highest BCUT2D eigenvalue weighted by Crippen LogP contribution is 2.29. The number of methoxy groups -OCH3 is 1. The first-order valence-corrected chi connectivity index (χ1v) is 9.59. The van der Waals surface area contributed by atoms with E-state index in [9.17, 15) is 13.2 Å². The number of carbonyl (C=O) groups is 1. The maximum absolute atomic E-state index is 12.8. The van der Waals surface area contributed by atoms with Gasteiger partial charge in [-0.25, -0.2) is 8.42 Å². The molecule has 0 saturated carbocycles. The number of hydrogen-bond acceptors (Lipinski definition) is 4. The van der Waals surface area contributed by atoms with Crippen molar-refractivity contribution in [3.63, 3.8) is 0 Å². The molecule has 0 fully saturated rings. The number of likely N-dealkylation sites (N-methyl/N-ethyl adjacent to an activating group) is 1. The third-order valence-corrected chi connectivity index (χ3v) is 5.22. The van der Waals surface area contributed by atoms with Gasteiger partial charge in [0.2, 0.25) is 15.9 Å². The molecule has 0 aliphatic rings. The van der Waals surface area contributed by atoms with E-state index in [0.29, 0.717) is 22.0 Å². The van der Waals surface area contributed by atoms with Crippen LogP contribution in [0.2, 0.25) is 5.02 Å². The zero-order valence-corrected chi connectivity index (χ0v) is 15.6. The molecule has 134 valence electrons. The first kappa shape index (κ1) is 19.2. The Kier molecular flexibility index (Phi) is 6.05. The summed E-state index contributed by atoms with van der Waals surface area (Å²) in [4.78, 5) is 12.8. The highest BCUT2D eigenvalue weighted by atomic mass is 35.5. The van der Waals surface area contributed by atoms with E-state index in [1.165, 1.54) is 14.2 Å². The van der Waals surface area contributed by atoms with Gasteiger partial charge >= 0.3 is 0 Å². The Morgan fingerprint density at radius 3 is 2.36 bits per heavy atom. The molecule has 0 radical (unpaired) electrons. The number of nitrogens with one attached hydrogen (secondary N) is 1. The number of benzene rings is 2. The second-order valence-electron chi connectivity index (χ2n) is 5.43. The fraction of sp³-hybridized carbons (Fsp3) is 0.235. The molecule has 8 heteroatoms. The zero-order valence-electron chi connectivity index (χ0n) is 14.1. The molecular weight excluding hydrogens is 364 g/mol. The molecular formula is C17H19ClN2O4S. The van der Waals surface area contributed by atoms with Gasteiger partial charge in [-0.15, -0.1) is 0 Å². The lowest BCUT2D eigenvalue weighted by molar-refractivity contribution is -0.119. The van der Waals surface area contributed by atoms with E-state index in [-0.39, 0.29) is 0 Å². The van der Waals surface area contributed by atoms with Crippen LogP contribution in [0.25, 0.3) is 0 Å². The van der Waals surface area contributed by atoms with Crippen LogP contribution in [-0.4, -0.2) is 39.0 Å². The predicted octanol–water partition coefficient (Wildman–Crippen LogP) is 2.92. The molecule has 0 saturated heterocycles. The van der Waals surface area contributed by atoms with Gasteiger partial charge < -0.3 is 10.1 Å². The lowest BCUT2D eigenvalue weighted by atomic mass is 10.1. The summed E-state index contributed by atoms with van der Waals surface area (Å²) in [6.45, 7) is 0. The summed E-state index contributed by atoms with van der Waals surface area (Å²) in [5, 5.41) is 3.04. The number of ether oxygens (including phenoxy) is 1. The number of rotatable bonds is 6. The summed E-state index contributed by atoms with van der Waals surface area (Å²) in [7, 11) is -0.719. The molecule has 0 spiro atoms. The average Bonchev–Trinajstić information content (AvgIpc) is 2.55. The Balaban J connectivity index is 2.34. The Morgan fingerprint density at radius 2 is 1.84 bits per heavy atom. The van der Waals surface area contributed by atoms with Crippen molar-refractivity contribution in [2.45, 2.75) is 6.04 Å². The quantitative estimate of drug-likeness (QED) is 0.833. The topological polar surface area (TPSA) is 75.7 Å². The van der Waals surface area contributed by atoms with Crippen LogP contribution in [0.15, 0.2) is 48.5 Å². The number of hydrogen-bond donors (Lipinski definition) is 1. The molecule has 0 aliphatic carbocycles. The fourth-order valence-corrected chi connectivity index (χ4v) is 3.17. The SMILES string of the molecule is COc1ccc(NC(=O)C(c2ccccc2)N(C)S(C)(=O)=O)cc1Cl. The minimum Gasteiger partial charge on any atom is -0.495 e. The Labute approximate surface area is 152 Å². The molecule has 6 nitrogen and oxygen atoms in total. The number of nitrogens with zero attached hydrogens (tertiary/aromatic N) is 1. The Bertz CT molecular complexity index is 856. The van der Waals surface area contributed by atoms with E-state index in [0.717, 1.165) is 10.6 Å². The highest BCUT2D eigenvalue weighted by molar-refractivity contribution is 7.88. The number of halogens is 1. The third-order valence-electron chi connectivity index (χ3n) is 3.67. The lowest BCUT2D eigenvalue weighted by Gasteiger charge is -2.25. The van der Waals surface area contributed by atoms with Gasteiger partial charge in [-0.3, -0.25) is 4.79 Å². The maximum Gasteiger partial charge on any atom is 0.247 e. The number of amides is 1. The molecule has 2 aromatic carbocycles. The zero-order chi connectivity index (χ0) is 18.6. The first-order chi connectivity index (χ1) is 11.7. The van der Waals surface area contributed by atoms with E-state index in [2.05, 4.69) is 5.32 Å². The molecule has 2 rings (SSSR count). The van der Waals surface area contributed by atoms with Crippen molar-refractivity contribution >= 4 is 33.2 Å². The highest BCUT2D eigenvalue weighted by Gasteiger charge is 2.30. The van der Waals surface area contributed by atoms with Crippen LogP contribution in [0.4, 0.5) is 5.69 Å². The second kappa shape index (κ2) is 7.86. The monoisotopic (exact) mass is 382 g/mol. The number of anilines is 1. The van der Waals surface area contributed by atoms with Crippen molar-refractivity contribution in [3.8, 4) is 5.75 Å². The van der Waals surface area contributed by atoms with Crippen LogP contribution < -0.4 is 10.1 Å². The summed E-state index contributed by atoms with van der Waals surface area (Å²) >= 11 is 6.06. The summed E-state index contributed by atoms with van der Waals surface area (Å²) < 4.78 is 30.0. The lowest BCUT2D eigenvalue weighted by Crippen LogP contribution is -2.38. The average molecular weight is 383 g/mol. The van der Waals surface area contributed by atoms with Crippen LogP contribution in [0, 0.1) is 0 Å². The number of sulfonamides is 1. The van der Waals surface area contributed by atoms with Gasteiger partial charge in [0.05, 0.1) is 18.4 Å². The molecule has 0 heterocycles. The van der Waals surface area contributed by atoms with Gasteiger partial charge in [0.25, 0.3) is 0 Å². The minimum atomic E-state index is -3.58.